The van der Waals surface area contributed by atoms with Gasteiger partial charge in [0.2, 0.25) is 0 Å². The molecule has 0 N–H and O–H groups in total. The van der Waals surface area contributed by atoms with Crippen LogP contribution >= 0.6 is 0 Å². The maximum Gasteiger partial charge on any atom is 0.306 e. The molecule has 6 nitrogen and oxygen atoms in total. The van der Waals surface area contributed by atoms with E-state index in [-0.39, 0.29) is 31.1 Å². The number of allylic oxidation sites excluding steroid dienone is 6. The molecule has 0 aliphatic heterocycles. The van der Waals surface area contributed by atoms with Crippen LogP contribution in [0.1, 0.15) is 316 Å². The van der Waals surface area contributed by atoms with E-state index >= 15 is 0 Å². The smallest absolute Gasteiger partial charge is 0.306 e. The number of rotatable bonds is 54. The highest BCUT2D eigenvalue weighted by Gasteiger charge is 2.19. The van der Waals surface area contributed by atoms with Crippen molar-refractivity contribution in [2.45, 2.75) is 322 Å². The molecule has 0 spiro atoms. The second-order valence-electron chi connectivity index (χ2n) is 19.9. The minimum absolute atomic E-state index is 0.0760. The molecule has 0 aliphatic rings. The van der Waals surface area contributed by atoms with E-state index in [0.717, 1.165) is 70.6 Å². The Balaban J connectivity index is 4.31. The second-order valence-corrected chi connectivity index (χ2v) is 19.9. The summed E-state index contributed by atoms with van der Waals surface area (Å²) in [6.07, 6.45) is 67.1. The van der Waals surface area contributed by atoms with Crippen molar-refractivity contribution in [1.29, 1.82) is 0 Å². The molecule has 0 aromatic rings. The molecule has 0 rings (SSSR count). The number of hydrogen-bond donors (Lipinski definition) is 0. The Hall–Kier alpha value is -2.37. The predicted octanol–water partition coefficient (Wildman–Crippen LogP) is 19.7. The van der Waals surface area contributed by atoms with Crippen molar-refractivity contribution >= 4 is 17.9 Å². The summed E-state index contributed by atoms with van der Waals surface area (Å²) in [5.41, 5.74) is 0. The predicted molar refractivity (Wildman–Crippen MR) is 289 cm³/mol. The molecule has 0 aliphatic carbocycles. The van der Waals surface area contributed by atoms with Crippen LogP contribution in [0, 0.1) is 0 Å². The molecule has 1 atom stereocenters. The Morgan fingerprint density at radius 3 is 0.761 bits per heavy atom. The largest absolute Gasteiger partial charge is 0.462 e. The molecule has 392 valence electrons. The van der Waals surface area contributed by atoms with Gasteiger partial charge in [0.15, 0.2) is 6.10 Å². The molecule has 0 amide bonds. The molecule has 6 heteroatoms. The maximum atomic E-state index is 12.8. The van der Waals surface area contributed by atoms with Crippen molar-refractivity contribution in [2.24, 2.45) is 0 Å². The first kappa shape index (κ1) is 64.6. The highest BCUT2D eigenvalue weighted by atomic mass is 16.6. The molecule has 0 aromatic heterocycles. The van der Waals surface area contributed by atoms with Gasteiger partial charge in [-0.1, -0.05) is 237 Å². The first-order valence-electron chi connectivity index (χ1n) is 29.5. The zero-order valence-electron chi connectivity index (χ0n) is 44.9. The van der Waals surface area contributed by atoms with E-state index < -0.39 is 6.10 Å². The summed E-state index contributed by atoms with van der Waals surface area (Å²) in [4.78, 5) is 38.1. The van der Waals surface area contributed by atoms with E-state index in [1.54, 1.807) is 0 Å². The lowest BCUT2D eigenvalue weighted by Gasteiger charge is -2.18. The number of carbonyl (C=O) groups is 3. The highest BCUT2D eigenvalue weighted by Crippen LogP contribution is 2.16. The van der Waals surface area contributed by atoms with Gasteiger partial charge in [0, 0.05) is 19.3 Å². The summed E-state index contributed by atoms with van der Waals surface area (Å²) < 4.78 is 16.9. The first-order valence-corrected chi connectivity index (χ1v) is 29.5. The van der Waals surface area contributed by atoms with Gasteiger partial charge in [0.05, 0.1) is 0 Å². The molecule has 67 heavy (non-hydrogen) atoms. The molecule has 0 aromatic carbocycles. The van der Waals surface area contributed by atoms with Crippen LogP contribution in [-0.4, -0.2) is 37.2 Å². The standard InChI is InChI=1S/C61H112O6/c1-4-7-10-13-16-19-22-25-27-28-29-30-31-32-34-36-39-42-45-48-51-54-60(63)66-57-58(56-65-59(62)53-50-47-44-41-38-35-24-21-18-15-12-9-6-3)67-61(64)55-52-49-46-43-40-37-33-26-23-20-17-14-11-8-5-2/h21,24-27,33,58H,4-20,22-23,28-32,34-57H2,1-3H3/b24-21-,27-25-,33-26-/t58-/m0/s1. The van der Waals surface area contributed by atoms with Crippen molar-refractivity contribution in [2.75, 3.05) is 13.2 Å². The Morgan fingerprint density at radius 1 is 0.284 bits per heavy atom. The Kier molecular flexibility index (Phi) is 54.2. The molecule has 0 saturated carbocycles. The maximum absolute atomic E-state index is 12.8. The Morgan fingerprint density at radius 2 is 0.493 bits per heavy atom. The van der Waals surface area contributed by atoms with Gasteiger partial charge in [0.25, 0.3) is 0 Å². The van der Waals surface area contributed by atoms with Crippen molar-refractivity contribution in [3.8, 4) is 0 Å². The van der Waals surface area contributed by atoms with Gasteiger partial charge in [0.1, 0.15) is 13.2 Å². The minimum atomic E-state index is -0.778. The zero-order chi connectivity index (χ0) is 48.6. The topological polar surface area (TPSA) is 78.9 Å². The van der Waals surface area contributed by atoms with E-state index in [2.05, 4.69) is 57.2 Å². The van der Waals surface area contributed by atoms with Crippen molar-refractivity contribution < 1.29 is 28.6 Å². The fourth-order valence-electron chi connectivity index (χ4n) is 8.60. The van der Waals surface area contributed by atoms with Crippen LogP contribution in [0.25, 0.3) is 0 Å². The highest BCUT2D eigenvalue weighted by molar-refractivity contribution is 5.71. The van der Waals surface area contributed by atoms with E-state index in [0.29, 0.717) is 19.3 Å². The SMILES string of the molecule is CCCCCC/C=C\CCCCCCCC(=O)OC[C@@H](COC(=O)CCCCCCCCCCCCC/C=C\CCCCCCCC)OC(=O)CCCCCCC/C=C\CCCCCCCC. The summed E-state index contributed by atoms with van der Waals surface area (Å²) >= 11 is 0. The van der Waals surface area contributed by atoms with E-state index in [4.69, 9.17) is 14.2 Å². The summed E-state index contributed by atoms with van der Waals surface area (Å²) in [6.45, 7) is 6.64. The van der Waals surface area contributed by atoms with E-state index in [1.165, 1.54) is 205 Å². The third kappa shape index (κ3) is 54.4. The first-order chi connectivity index (χ1) is 33.0. The summed E-state index contributed by atoms with van der Waals surface area (Å²) in [6, 6.07) is 0. The van der Waals surface area contributed by atoms with Crippen molar-refractivity contribution in [3.05, 3.63) is 36.5 Å². The molecule has 0 saturated heterocycles. The number of ether oxygens (including phenoxy) is 3. The Labute approximate surface area is 416 Å². The van der Waals surface area contributed by atoms with Gasteiger partial charge < -0.3 is 14.2 Å². The Bertz CT molecular complexity index is 1130. The summed E-state index contributed by atoms with van der Waals surface area (Å²) in [7, 11) is 0. The van der Waals surface area contributed by atoms with E-state index in [1.807, 2.05) is 0 Å². The normalized spacial score (nSPS) is 12.2. The van der Waals surface area contributed by atoms with Gasteiger partial charge in [-0.15, -0.1) is 0 Å². The van der Waals surface area contributed by atoms with Gasteiger partial charge in [-0.3, -0.25) is 14.4 Å². The van der Waals surface area contributed by atoms with Crippen LogP contribution in [0.3, 0.4) is 0 Å². The monoisotopic (exact) mass is 941 g/mol. The van der Waals surface area contributed by atoms with Crippen molar-refractivity contribution in [3.63, 3.8) is 0 Å². The van der Waals surface area contributed by atoms with Gasteiger partial charge in [-0.25, -0.2) is 0 Å². The molecule has 0 heterocycles. The quantitative estimate of drug-likeness (QED) is 0.0262. The molecular formula is C61H112O6. The minimum Gasteiger partial charge on any atom is -0.462 e. The van der Waals surface area contributed by atoms with Gasteiger partial charge in [-0.05, 0) is 96.3 Å². The van der Waals surface area contributed by atoms with Crippen molar-refractivity contribution in [1.82, 2.24) is 0 Å². The molecule has 0 fully saturated rings. The summed E-state index contributed by atoms with van der Waals surface area (Å²) in [5.74, 6) is -0.879. The molecular weight excluding hydrogens is 829 g/mol. The third-order valence-electron chi connectivity index (χ3n) is 13.1. The zero-order valence-corrected chi connectivity index (χ0v) is 44.9. The van der Waals surface area contributed by atoms with Crippen LogP contribution in [-0.2, 0) is 28.6 Å². The number of carbonyl (C=O) groups excluding carboxylic acids is 3. The number of hydrogen-bond acceptors (Lipinski definition) is 6. The van der Waals surface area contributed by atoms with Crippen LogP contribution < -0.4 is 0 Å². The third-order valence-corrected chi connectivity index (χ3v) is 13.1. The lowest BCUT2D eigenvalue weighted by molar-refractivity contribution is -0.167. The fourth-order valence-corrected chi connectivity index (χ4v) is 8.60. The molecule has 0 radical (unpaired) electrons. The lowest BCUT2D eigenvalue weighted by atomic mass is 10.0. The van der Waals surface area contributed by atoms with Gasteiger partial charge in [-0.2, -0.15) is 0 Å². The average Bonchev–Trinajstić information content (AvgIpc) is 3.33. The van der Waals surface area contributed by atoms with E-state index in [9.17, 15) is 14.4 Å². The summed E-state index contributed by atoms with van der Waals surface area (Å²) in [5, 5.41) is 0. The lowest BCUT2D eigenvalue weighted by Crippen LogP contribution is -2.30. The molecule has 0 unspecified atom stereocenters. The molecule has 0 bridgehead atoms. The number of unbranched alkanes of at least 4 members (excludes halogenated alkanes) is 37. The van der Waals surface area contributed by atoms with Crippen LogP contribution in [0.4, 0.5) is 0 Å². The van der Waals surface area contributed by atoms with Crippen LogP contribution in [0.2, 0.25) is 0 Å². The van der Waals surface area contributed by atoms with Gasteiger partial charge >= 0.3 is 17.9 Å². The fraction of sp³-hybridized carbons (Fsp3) is 0.852. The van der Waals surface area contributed by atoms with Crippen LogP contribution in [0.5, 0.6) is 0 Å². The average molecular weight is 942 g/mol. The second kappa shape index (κ2) is 56.2. The van der Waals surface area contributed by atoms with Crippen LogP contribution in [0.15, 0.2) is 36.5 Å². The number of esters is 3.